The second-order valence-electron chi connectivity index (χ2n) is 9.14. The van der Waals surface area contributed by atoms with Crippen LogP contribution in [0.5, 0.6) is 0 Å². The summed E-state index contributed by atoms with van der Waals surface area (Å²) in [7, 11) is 0. The summed E-state index contributed by atoms with van der Waals surface area (Å²) in [6.07, 6.45) is 7.19. The number of rotatable bonds is 4. The van der Waals surface area contributed by atoms with Gasteiger partial charge in [-0.25, -0.2) is 4.79 Å². The molecule has 0 radical (unpaired) electrons. The number of nitrogens with zero attached hydrogens (tertiary/aromatic N) is 1. The molecule has 0 saturated carbocycles. The van der Waals surface area contributed by atoms with E-state index in [1.165, 1.54) is 38.3 Å². The van der Waals surface area contributed by atoms with Crippen LogP contribution in [0.25, 0.3) is 16.7 Å². The molecular weight excluding hydrogens is 426 g/mol. The quantitative estimate of drug-likeness (QED) is 0.399. The van der Waals surface area contributed by atoms with E-state index in [1.54, 1.807) is 11.8 Å². The summed E-state index contributed by atoms with van der Waals surface area (Å²) < 4.78 is 5.99. The van der Waals surface area contributed by atoms with E-state index >= 15 is 0 Å². The maximum atomic E-state index is 13.3. The van der Waals surface area contributed by atoms with Gasteiger partial charge in [-0.05, 0) is 71.0 Å². The molecule has 3 nitrogen and oxygen atoms in total. The number of hydrogen-bond donors (Lipinski definition) is 0. The van der Waals surface area contributed by atoms with Gasteiger partial charge in [0.15, 0.2) is 0 Å². The predicted octanol–water partition coefficient (Wildman–Crippen LogP) is 6.98. The minimum atomic E-state index is -0.169. The third-order valence-electron chi connectivity index (χ3n) is 7.38. The number of ether oxygens (including phenoxy) is 1. The number of carbonyl (C=O) groups is 1. The lowest BCUT2D eigenvalue weighted by atomic mass is 9.95. The van der Waals surface area contributed by atoms with E-state index in [9.17, 15) is 4.79 Å². The Kier molecular flexibility index (Phi) is 5.26. The molecule has 1 fully saturated rings. The average Bonchev–Trinajstić information content (AvgIpc) is 3.33. The van der Waals surface area contributed by atoms with Gasteiger partial charge in [0.1, 0.15) is 6.61 Å². The number of amides is 1. The molecule has 0 spiro atoms. The van der Waals surface area contributed by atoms with Gasteiger partial charge in [0.05, 0.1) is 6.04 Å². The molecule has 1 saturated heterocycles. The smallest absolute Gasteiger partial charge is 0.410 e. The normalized spacial score (nSPS) is 20.9. The maximum Gasteiger partial charge on any atom is 0.410 e. The fourth-order valence-corrected chi connectivity index (χ4v) is 6.28. The first-order chi connectivity index (χ1) is 16.2. The van der Waals surface area contributed by atoms with Crippen molar-refractivity contribution in [2.75, 3.05) is 12.9 Å². The highest BCUT2D eigenvalue weighted by atomic mass is 32.2. The Morgan fingerprint density at radius 2 is 1.70 bits per heavy atom. The third kappa shape index (κ3) is 3.57. The predicted molar refractivity (Wildman–Crippen MR) is 135 cm³/mol. The Morgan fingerprint density at radius 1 is 0.970 bits per heavy atom. The lowest BCUT2D eigenvalue weighted by molar-refractivity contribution is 0.0866. The zero-order chi connectivity index (χ0) is 22.4. The van der Waals surface area contributed by atoms with Crippen molar-refractivity contribution >= 4 is 23.4 Å². The van der Waals surface area contributed by atoms with Crippen LogP contribution in [0.15, 0.2) is 83.8 Å². The fourth-order valence-electron chi connectivity index (χ4n) is 5.82. The first-order valence-electron chi connectivity index (χ1n) is 11.7. The summed E-state index contributed by atoms with van der Waals surface area (Å²) in [5, 5.41) is 0. The fraction of sp³-hybridized carbons (Fsp3) is 0.276. The lowest BCUT2D eigenvalue weighted by Gasteiger charge is -2.33. The molecule has 1 amide bonds. The van der Waals surface area contributed by atoms with Crippen molar-refractivity contribution in [3.8, 4) is 11.1 Å². The molecule has 4 heteroatoms. The SMILES string of the molecule is CSc1cccc(C2=CC3CCC(C2)N3C(=O)OCC2c3ccccc3-c3ccccc32)c1. The van der Waals surface area contributed by atoms with E-state index in [1.807, 2.05) is 4.90 Å². The number of carbonyl (C=O) groups excluding carboxylic acids is 1. The van der Waals surface area contributed by atoms with Crippen LogP contribution in [0.1, 0.15) is 41.9 Å². The van der Waals surface area contributed by atoms with Crippen molar-refractivity contribution in [3.05, 3.63) is 95.6 Å². The molecule has 3 aromatic carbocycles. The Balaban J connectivity index is 1.20. The molecule has 1 aliphatic carbocycles. The van der Waals surface area contributed by atoms with Gasteiger partial charge in [-0.3, -0.25) is 4.90 Å². The molecule has 166 valence electrons. The second kappa shape index (κ2) is 8.42. The molecule has 2 heterocycles. The topological polar surface area (TPSA) is 29.5 Å². The zero-order valence-corrected chi connectivity index (χ0v) is 19.6. The molecule has 2 atom stereocenters. The van der Waals surface area contributed by atoms with Crippen LogP contribution < -0.4 is 0 Å². The maximum absolute atomic E-state index is 13.3. The van der Waals surface area contributed by atoms with E-state index in [4.69, 9.17) is 4.74 Å². The Bertz CT molecular complexity index is 1200. The molecule has 0 N–H and O–H groups in total. The molecule has 6 rings (SSSR count). The van der Waals surface area contributed by atoms with Crippen LogP contribution in [-0.2, 0) is 4.74 Å². The van der Waals surface area contributed by atoms with Crippen molar-refractivity contribution in [1.29, 1.82) is 0 Å². The molecule has 2 aliphatic heterocycles. The highest BCUT2D eigenvalue weighted by molar-refractivity contribution is 7.98. The van der Waals surface area contributed by atoms with E-state index in [0.717, 1.165) is 19.3 Å². The van der Waals surface area contributed by atoms with Crippen LogP contribution in [0.3, 0.4) is 0 Å². The van der Waals surface area contributed by atoms with Crippen molar-refractivity contribution in [2.45, 2.75) is 42.2 Å². The first-order valence-corrected chi connectivity index (χ1v) is 12.9. The third-order valence-corrected chi connectivity index (χ3v) is 8.11. The van der Waals surface area contributed by atoms with E-state index < -0.39 is 0 Å². The Morgan fingerprint density at radius 3 is 2.39 bits per heavy atom. The van der Waals surface area contributed by atoms with E-state index in [0.29, 0.717) is 6.61 Å². The van der Waals surface area contributed by atoms with Crippen LogP contribution in [0.2, 0.25) is 0 Å². The summed E-state index contributed by atoms with van der Waals surface area (Å²) in [5.74, 6) is 0.101. The average molecular weight is 454 g/mol. The van der Waals surface area contributed by atoms with Gasteiger partial charge in [0, 0.05) is 16.9 Å². The summed E-state index contributed by atoms with van der Waals surface area (Å²) >= 11 is 1.77. The number of thioether (sulfide) groups is 1. The molecule has 3 aliphatic rings. The van der Waals surface area contributed by atoms with Gasteiger partial charge in [0.25, 0.3) is 0 Å². The van der Waals surface area contributed by atoms with Gasteiger partial charge < -0.3 is 4.74 Å². The number of benzene rings is 3. The van der Waals surface area contributed by atoms with Crippen LogP contribution in [0, 0.1) is 0 Å². The van der Waals surface area contributed by atoms with Crippen LogP contribution in [0.4, 0.5) is 4.79 Å². The van der Waals surface area contributed by atoms with Crippen molar-refractivity contribution in [3.63, 3.8) is 0 Å². The lowest BCUT2D eigenvalue weighted by Crippen LogP contribution is -2.43. The molecule has 2 unspecified atom stereocenters. The largest absolute Gasteiger partial charge is 0.448 e. The highest BCUT2D eigenvalue weighted by Crippen LogP contribution is 2.45. The van der Waals surface area contributed by atoms with Gasteiger partial charge in [-0.15, -0.1) is 11.8 Å². The standard InChI is InChI=1S/C29H27NO2S/c1-33-23-8-6-7-19(17-23)20-15-21-13-14-22(16-20)30(21)29(31)32-18-28-26-11-4-2-9-24(26)25-10-3-5-12-27(25)28/h2-12,15,17,21-22,28H,13-14,16,18H2,1H3. The minimum absolute atomic E-state index is 0.101. The molecule has 0 aromatic heterocycles. The molecule has 3 aromatic rings. The van der Waals surface area contributed by atoms with E-state index in [-0.39, 0.29) is 24.1 Å². The molecular formula is C29H27NO2S. The Labute approximate surface area is 199 Å². The van der Waals surface area contributed by atoms with Crippen LogP contribution >= 0.6 is 11.8 Å². The summed E-state index contributed by atoms with van der Waals surface area (Å²) in [6.45, 7) is 0.384. The summed E-state index contributed by atoms with van der Waals surface area (Å²) in [6, 6.07) is 26.0. The minimum Gasteiger partial charge on any atom is -0.448 e. The molecule has 2 bridgehead atoms. The summed E-state index contributed by atoms with van der Waals surface area (Å²) in [4.78, 5) is 16.5. The number of fused-ring (bicyclic) bond motifs is 5. The first kappa shape index (κ1) is 20.6. The van der Waals surface area contributed by atoms with Gasteiger partial charge in [-0.2, -0.15) is 0 Å². The van der Waals surface area contributed by atoms with E-state index in [2.05, 4.69) is 85.1 Å². The second-order valence-corrected chi connectivity index (χ2v) is 10.0. The van der Waals surface area contributed by atoms with Gasteiger partial charge in [0.2, 0.25) is 0 Å². The highest BCUT2D eigenvalue weighted by Gasteiger charge is 2.41. The molecule has 33 heavy (non-hydrogen) atoms. The summed E-state index contributed by atoms with van der Waals surface area (Å²) in [5.41, 5.74) is 7.67. The Hall–Kier alpha value is -2.98. The van der Waals surface area contributed by atoms with Crippen molar-refractivity contribution in [1.82, 2.24) is 4.90 Å². The van der Waals surface area contributed by atoms with Crippen molar-refractivity contribution in [2.24, 2.45) is 0 Å². The van der Waals surface area contributed by atoms with Crippen LogP contribution in [-0.4, -0.2) is 35.9 Å². The zero-order valence-electron chi connectivity index (χ0n) is 18.7. The number of hydrogen-bond acceptors (Lipinski definition) is 3. The monoisotopic (exact) mass is 453 g/mol. The van der Waals surface area contributed by atoms with Gasteiger partial charge in [-0.1, -0.05) is 66.7 Å². The van der Waals surface area contributed by atoms with Crippen molar-refractivity contribution < 1.29 is 9.53 Å². The van der Waals surface area contributed by atoms with Gasteiger partial charge >= 0.3 is 6.09 Å².